The standard InChI is InChI=1S/C33H28F4N4O5/c1-4-43-22-10-12-24(30(36)28(22)34)45-26-15-27(46-25-13-11-23(44-5-2)29(35)31(25)37)40-41-21(16-38-32(26)41)18-6-9-20(17(3)14-18)33(42)39-19-7-8-19/h6,9-16,19H,4-5,7-8H2,1-3H3,(H,39,42). The predicted octanol–water partition coefficient (Wildman–Crippen LogP) is 7.54. The zero-order valence-electron chi connectivity index (χ0n) is 25.0. The Morgan fingerprint density at radius 2 is 1.41 bits per heavy atom. The van der Waals surface area contributed by atoms with E-state index in [4.69, 9.17) is 18.9 Å². The summed E-state index contributed by atoms with van der Waals surface area (Å²) in [5.74, 6) is -7.34. The summed E-state index contributed by atoms with van der Waals surface area (Å²) in [4.78, 5) is 17.1. The fourth-order valence-electron chi connectivity index (χ4n) is 4.76. The highest BCUT2D eigenvalue weighted by molar-refractivity contribution is 5.96. The summed E-state index contributed by atoms with van der Waals surface area (Å²) in [6.45, 7) is 5.28. The van der Waals surface area contributed by atoms with Crippen molar-refractivity contribution < 1.29 is 41.3 Å². The van der Waals surface area contributed by atoms with Crippen LogP contribution in [0, 0.1) is 30.2 Å². The molecule has 1 fully saturated rings. The van der Waals surface area contributed by atoms with Crippen molar-refractivity contribution in [3.63, 3.8) is 0 Å². The van der Waals surface area contributed by atoms with Crippen LogP contribution in [0.25, 0.3) is 16.9 Å². The highest BCUT2D eigenvalue weighted by Crippen LogP contribution is 2.37. The smallest absolute Gasteiger partial charge is 0.251 e. The molecule has 0 bridgehead atoms. The number of carbonyl (C=O) groups excluding carboxylic acids is 1. The van der Waals surface area contributed by atoms with E-state index in [1.165, 1.54) is 41.0 Å². The van der Waals surface area contributed by atoms with E-state index in [0.717, 1.165) is 12.8 Å². The van der Waals surface area contributed by atoms with Crippen LogP contribution in [0.1, 0.15) is 42.6 Å². The fourth-order valence-corrected chi connectivity index (χ4v) is 4.76. The van der Waals surface area contributed by atoms with Crippen molar-refractivity contribution in [1.29, 1.82) is 0 Å². The lowest BCUT2D eigenvalue weighted by molar-refractivity contribution is 0.0950. The van der Waals surface area contributed by atoms with Crippen molar-refractivity contribution in [1.82, 2.24) is 19.9 Å². The van der Waals surface area contributed by atoms with Crippen molar-refractivity contribution in [3.8, 4) is 45.9 Å². The third kappa shape index (κ3) is 6.00. The van der Waals surface area contributed by atoms with Gasteiger partial charge in [0, 0.05) is 23.2 Å². The van der Waals surface area contributed by atoms with Crippen LogP contribution in [-0.4, -0.2) is 39.8 Å². The number of amides is 1. The molecule has 46 heavy (non-hydrogen) atoms. The molecule has 1 aliphatic carbocycles. The first-order chi connectivity index (χ1) is 22.2. The van der Waals surface area contributed by atoms with Gasteiger partial charge in [0.25, 0.3) is 5.91 Å². The third-order valence-electron chi connectivity index (χ3n) is 7.15. The van der Waals surface area contributed by atoms with Crippen LogP contribution < -0.4 is 24.3 Å². The van der Waals surface area contributed by atoms with E-state index in [2.05, 4.69) is 15.4 Å². The minimum absolute atomic E-state index is 0.0718. The van der Waals surface area contributed by atoms with Crippen molar-refractivity contribution in [2.75, 3.05) is 13.2 Å². The van der Waals surface area contributed by atoms with Gasteiger partial charge >= 0.3 is 0 Å². The lowest BCUT2D eigenvalue weighted by Crippen LogP contribution is -2.26. The third-order valence-corrected chi connectivity index (χ3v) is 7.15. The van der Waals surface area contributed by atoms with Gasteiger partial charge in [-0.25, -0.2) is 9.50 Å². The van der Waals surface area contributed by atoms with Crippen LogP contribution in [-0.2, 0) is 0 Å². The zero-order chi connectivity index (χ0) is 32.5. The molecule has 0 aliphatic heterocycles. The summed E-state index contributed by atoms with van der Waals surface area (Å²) >= 11 is 0. The number of hydrogen-bond acceptors (Lipinski definition) is 7. The minimum Gasteiger partial charge on any atom is -0.491 e. The number of aryl methyl sites for hydroxylation is 1. The summed E-state index contributed by atoms with van der Waals surface area (Å²) in [5.41, 5.74) is 2.27. The van der Waals surface area contributed by atoms with Crippen molar-refractivity contribution in [2.45, 2.75) is 39.7 Å². The van der Waals surface area contributed by atoms with Gasteiger partial charge in [-0.1, -0.05) is 6.07 Å². The summed E-state index contributed by atoms with van der Waals surface area (Å²) < 4.78 is 82.2. The molecule has 1 aliphatic rings. The van der Waals surface area contributed by atoms with Crippen molar-refractivity contribution >= 4 is 11.6 Å². The van der Waals surface area contributed by atoms with Crippen LogP contribution in [0.3, 0.4) is 0 Å². The molecule has 3 aromatic carbocycles. The summed E-state index contributed by atoms with van der Waals surface area (Å²) in [6.07, 6.45) is 3.36. The quantitative estimate of drug-likeness (QED) is 0.150. The number of nitrogens with zero attached hydrogens (tertiary/aromatic N) is 3. The van der Waals surface area contributed by atoms with Gasteiger partial charge in [-0.3, -0.25) is 4.79 Å². The molecule has 0 unspecified atom stereocenters. The SMILES string of the molecule is CCOc1ccc(Oc2cc(Oc3ccc(OCC)c(F)c3F)c3ncc(-c4ccc(C(=O)NC5CC5)c(C)c4)n3n2)c(F)c1F. The van der Waals surface area contributed by atoms with E-state index in [1.807, 2.05) is 0 Å². The molecule has 1 N–H and O–H groups in total. The first kappa shape index (κ1) is 30.7. The van der Waals surface area contributed by atoms with E-state index in [0.29, 0.717) is 22.4 Å². The highest BCUT2D eigenvalue weighted by Gasteiger charge is 2.25. The number of fused-ring (bicyclic) bond motifs is 1. The number of hydrogen-bond donors (Lipinski definition) is 1. The predicted molar refractivity (Wildman–Crippen MR) is 159 cm³/mol. The van der Waals surface area contributed by atoms with Gasteiger partial charge in [0.15, 0.2) is 34.4 Å². The lowest BCUT2D eigenvalue weighted by Gasteiger charge is -2.14. The number of halogens is 4. The van der Waals surface area contributed by atoms with E-state index < -0.39 is 34.8 Å². The second kappa shape index (κ2) is 12.6. The van der Waals surface area contributed by atoms with Crippen LogP contribution >= 0.6 is 0 Å². The molecule has 5 aromatic rings. The van der Waals surface area contributed by atoms with Crippen LogP contribution in [0.4, 0.5) is 17.6 Å². The van der Waals surface area contributed by atoms with E-state index in [-0.39, 0.29) is 53.9 Å². The van der Waals surface area contributed by atoms with Gasteiger partial charge in [-0.2, -0.15) is 17.6 Å². The van der Waals surface area contributed by atoms with E-state index >= 15 is 4.39 Å². The Hall–Kier alpha value is -5.33. The molecule has 1 saturated carbocycles. The van der Waals surface area contributed by atoms with Gasteiger partial charge in [-0.05, 0) is 75.6 Å². The van der Waals surface area contributed by atoms with Gasteiger partial charge < -0.3 is 24.3 Å². The average Bonchev–Trinajstić information content (AvgIpc) is 3.75. The topological polar surface area (TPSA) is 96.2 Å². The molecule has 0 saturated heterocycles. The Labute approximate surface area is 260 Å². The van der Waals surface area contributed by atoms with E-state index in [9.17, 15) is 18.0 Å². The molecule has 9 nitrogen and oxygen atoms in total. The average molecular weight is 637 g/mol. The number of carbonyl (C=O) groups is 1. The van der Waals surface area contributed by atoms with Crippen LogP contribution in [0.5, 0.6) is 34.6 Å². The summed E-state index contributed by atoms with van der Waals surface area (Å²) in [6, 6.07) is 11.3. The number of rotatable bonds is 11. The molecule has 0 spiro atoms. The monoisotopic (exact) mass is 636 g/mol. The Morgan fingerprint density at radius 1 is 0.826 bits per heavy atom. The Kier molecular flexibility index (Phi) is 8.39. The Balaban J connectivity index is 1.43. The van der Waals surface area contributed by atoms with Crippen LogP contribution in [0.15, 0.2) is 54.7 Å². The van der Waals surface area contributed by atoms with Crippen LogP contribution in [0.2, 0.25) is 0 Å². The molecule has 238 valence electrons. The maximum atomic E-state index is 15.0. The number of ether oxygens (including phenoxy) is 4. The fraction of sp³-hybridized carbons (Fsp3) is 0.242. The molecular formula is C33H28F4N4O5. The largest absolute Gasteiger partial charge is 0.491 e. The highest BCUT2D eigenvalue weighted by atomic mass is 19.2. The lowest BCUT2D eigenvalue weighted by atomic mass is 10.0. The maximum Gasteiger partial charge on any atom is 0.251 e. The molecular weight excluding hydrogens is 608 g/mol. The Bertz CT molecular complexity index is 1960. The second-order valence-electron chi connectivity index (χ2n) is 10.5. The molecule has 2 aromatic heterocycles. The van der Waals surface area contributed by atoms with Gasteiger partial charge in [-0.15, -0.1) is 5.10 Å². The van der Waals surface area contributed by atoms with E-state index in [1.54, 1.807) is 39.0 Å². The Morgan fingerprint density at radius 3 is 2.00 bits per heavy atom. The van der Waals surface area contributed by atoms with Gasteiger partial charge in [0.05, 0.1) is 25.1 Å². The summed E-state index contributed by atoms with van der Waals surface area (Å²) in [5, 5.41) is 7.38. The number of benzene rings is 3. The first-order valence-electron chi connectivity index (χ1n) is 14.6. The van der Waals surface area contributed by atoms with Gasteiger partial charge in [0.1, 0.15) is 0 Å². The number of aromatic nitrogens is 3. The molecule has 6 rings (SSSR count). The minimum atomic E-state index is -1.32. The van der Waals surface area contributed by atoms with Gasteiger partial charge in [0.2, 0.25) is 29.1 Å². The second-order valence-corrected chi connectivity index (χ2v) is 10.5. The van der Waals surface area contributed by atoms with Crippen molar-refractivity contribution in [3.05, 3.63) is 89.1 Å². The number of nitrogens with one attached hydrogen (secondary N) is 1. The zero-order valence-corrected chi connectivity index (χ0v) is 25.0. The normalized spacial score (nSPS) is 12.7. The van der Waals surface area contributed by atoms with Crippen molar-refractivity contribution in [2.24, 2.45) is 0 Å². The molecule has 1 amide bonds. The maximum absolute atomic E-state index is 15.0. The number of imidazole rings is 1. The molecule has 2 heterocycles. The first-order valence-corrected chi connectivity index (χ1v) is 14.6. The summed E-state index contributed by atoms with van der Waals surface area (Å²) in [7, 11) is 0. The molecule has 13 heteroatoms. The molecule has 0 atom stereocenters. The molecule has 0 radical (unpaired) electrons.